The number of aliphatic carboxylic acids is 1. The summed E-state index contributed by atoms with van der Waals surface area (Å²) in [4.78, 5) is 30.5. The predicted molar refractivity (Wildman–Crippen MR) is 83.3 cm³/mol. The number of thiazole rings is 1. The summed E-state index contributed by atoms with van der Waals surface area (Å²) in [6.45, 7) is 0.326. The number of hydrogen-bond acceptors (Lipinski definition) is 5. The first-order valence-electron chi connectivity index (χ1n) is 7.36. The Bertz CT molecular complexity index is 858. The van der Waals surface area contributed by atoms with Crippen LogP contribution in [0, 0.1) is 11.8 Å². The van der Waals surface area contributed by atoms with Crippen molar-refractivity contribution in [3.05, 3.63) is 36.4 Å². The van der Waals surface area contributed by atoms with E-state index in [4.69, 9.17) is 4.74 Å². The highest BCUT2D eigenvalue weighted by atomic mass is 32.1. The third-order valence-electron chi connectivity index (χ3n) is 4.90. The number of fused-ring (bicyclic) bond motifs is 2. The van der Waals surface area contributed by atoms with Crippen LogP contribution in [0.5, 0.6) is 0 Å². The van der Waals surface area contributed by atoms with E-state index in [1.807, 2.05) is 30.3 Å². The Morgan fingerprint density at radius 3 is 3.04 bits per heavy atom. The van der Waals surface area contributed by atoms with Crippen LogP contribution in [-0.4, -0.2) is 40.2 Å². The van der Waals surface area contributed by atoms with Crippen LogP contribution in [0.2, 0.25) is 0 Å². The highest BCUT2D eigenvalue weighted by Crippen LogP contribution is 2.53. The molecule has 1 N–H and O–H groups in total. The number of aromatic nitrogens is 1. The molecule has 1 aromatic heterocycles. The van der Waals surface area contributed by atoms with Gasteiger partial charge >= 0.3 is 5.97 Å². The molecule has 6 nitrogen and oxygen atoms in total. The zero-order valence-electron chi connectivity index (χ0n) is 11.9. The lowest BCUT2D eigenvalue weighted by Gasteiger charge is -2.21. The number of carboxylic acid groups (broad SMARTS) is 1. The number of para-hydroxylation sites is 1. The molecule has 0 radical (unpaired) electrons. The summed E-state index contributed by atoms with van der Waals surface area (Å²) in [5.74, 6) is -2.66. The summed E-state index contributed by atoms with van der Waals surface area (Å²) in [7, 11) is 0. The fourth-order valence-corrected chi connectivity index (χ4v) is 4.89. The second-order valence-electron chi connectivity index (χ2n) is 6.13. The minimum absolute atomic E-state index is 0.205. The maximum atomic E-state index is 12.9. The van der Waals surface area contributed by atoms with Gasteiger partial charge in [0.1, 0.15) is 11.5 Å². The number of carboxylic acids is 1. The van der Waals surface area contributed by atoms with Crippen LogP contribution >= 0.6 is 11.3 Å². The lowest BCUT2D eigenvalue weighted by molar-refractivity contribution is -0.146. The van der Waals surface area contributed by atoms with E-state index in [0.29, 0.717) is 11.7 Å². The van der Waals surface area contributed by atoms with Gasteiger partial charge < -0.3 is 9.84 Å². The van der Waals surface area contributed by atoms with Crippen LogP contribution in [-0.2, 0) is 14.3 Å². The zero-order chi connectivity index (χ0) is 15.8. The van der Waals surface area contributed by atoms with Gasteiger partial charge in [0.2, 0.25) is 5.91 Å². The first kappa shape index (κ1) is 13.2. The van der Waals surface area contributed by atoms with Gasteiger partial charge in [0.25, 0.3) is 0 Å². The van der Waals surface area contributed by atoms with E-state index in [0.717, 1.165) is 10.2 Å². The molecule has 3 aliphatic heterocycles. The molecule has 2 fully saturated rings. The number of benzene rings is 1. The van der Waals surface area contributed by atoms with Gasteiger partial charge in [-0.25, -0.2) is 4.98 Å². The molecule has 116 valence electrons. The van der Waals surface area contributed by atoms with Crippen LogP contribution < -0.4 is 4.90 Å². The van der Waals surface area contributed by atoms with E-state index in [2.05, 4.69) is 4.98 Å². The van der Waals surface area contributed by atoms with Crippen molar-refractivity contribution in [3.8, 4) is 0 Å². The van der Waals surface area contributed by atoms with Crippen LogP contribution in [0.1, 0.15) is 0 Å². The molecular formula is C16H12N2O4S. The average Bonchev–Trinajstić information content (AvgIpc) is 3.25. The highest BCUT2D eigenvalue weighted by molar-refractivity contribution is 7.22. The molecule has 2 saturated heterocycles. The molecule has 1 aromatic carbocycles. The molecule has 2 bridgehead atoms. The molecule has 4 heterocycles. The summed E-state index contributed by atoms with van der Waals surface area (Å²) >= 11 is 1.44. The van der Waals surface area contributed by atoms with Crippen molar-refractivity contribution in [2.24, 2.45) is 11.8 Å². The maximum Gasteiger partial charge on any atom is 0.310 e. The van der Waals surface area contributed by atoms with Crippen molar-refractivity contribution in [2.75, 3.05) is 11.4 Å². The number of amides is 1. The van der Waals surface area contributed by atoms with Gasteiger partial charge in [-0.15, -0.1) is 0 Å². The number of rotatable bonds is 2. The van der Waals surface area contributed by atoms with Crippen molar-refractivity contribution in [3.63, 3.8) is 0 Å². The summed E-state index contributed by atoms with van der Waals surface area (Å²) < 4.78 is 6.88. The second-order valence-corrected chi connectivity index (χ2v) is 7.14. The number of nitrogens with zero attached hydrogens (tertiary/aromatic N) is 2. The van der Waals surface area contributed by atoms with Crippen LogP contribution in [0.4, 0.5) is 5.13 Å². The van der Waals surface area contributed by atoms with Crippen LogP contribution in [0.15, 0.2) is 36.4 Å². The monoisotopic (exact) mass is 328 g/mol. The van der Waals surface area contributed by atoms with E-state index in [-0.39, 0.29) is 5.91 Å². The zero-order valence-corrected chi connectivity index (χ0v) is 12.7. The van der Waals surface area contributed by atoms with E-state index in [9.17, 15) is 14.7 Å². The first-order chi connectivity index (χ1) is 11.1. The summed E-state index contributed by atoms with van der Waals surface area (Å²) in [6.07, 6.45) is 3.12. The molecule has 3 aliphatic rings. The molecule has 4 atom stereocenters. The highest BCUT2D eigenvalue weighted by Gasteiger charge is 2.67. The number of anilines is 1. The number of carbonyl (C=O) groups is 2. The quantitative estimate of drug-likeness (QED) is 0.848. The standard InChI is InChI=1S/C16H12N2O4S/c19-13-12-11(14(20)21)9-5-6-16(12,22-9)7-18(13)15-17-8-3-1-2-4-10(8)23-15/h1-6,9,11-12H,7H2,(H,20,21)/t9-,11+,12-,16+/m1/s1. The molecule has 2 aromatic rings. The van der Waals surface area contributed by atoms with Gasteiger partial charge in [0.05, 0.1) is 28.8 Å². The van der Waals surface area contributed by atoms with Gasteiger partial charge in [-0.1, -0.05) is 35.6 Å². The van der Waals surface area contributed by atoms with Gasteiger partial charge in [0.15, 0.2) is 5.13 Å². The molecule has 0 aliphatic carbocycles. The largest absolute Gasteiger partial charge is 0.481 e. The molecule has 5 rings (SSSR count). The van der Waals surface area contributed by atoms with Gasteiger partial charge in [-0.3, -0.25) is 14.5 Å². The lowest BCUT2D eigenvalue weighted by Crippen LogP contribution is -2.39. The van der Waals surface area contributed by atoms with E-state index < -0.39 is 29.5 Å². The first-order valence-corrected chi connectivity index (χ1v) is 8.18. The third-order valence-corrected chi connectivity index (χ3v) is 5.96. The van der Waals surface area contributed by atoms with Gasteiger partial charge in [-0.2, -0.15) is 0 Å². The molecular weight excluding hydrogens is 316 g/mol. The molecule has 7 heteroatoms. The fraction of sp³-hybridized carbons (Fsp3) is 0.312. The molecule has 0 unspecified atom stereocenters. The Labute approximate surface area is 135 Å². The number of hydrogen-bond donors (Lipinski definition) is 1. The smallest absolute Gasteiger partial charge is 0.310 e. The lowest BCUT2D eigenvalue weighted by atomic mass is 9.77. The van der Waals surface area contributed by atoms with E-state index in [1.165, 1.54) is 11.3 Å². The summed E-state index contributed by atoms with van der Waals surface area (Å²) in [5.41, 5.74) is 0.0215. The molecule has 0 saturated carbocycles. The SMILES string of the molecule is O=C(O)[C@H]1[C@H]2C=C[C@@]3(CN(c4nc5ccccc5s4)C(=O)[C@@H]13)O2. The predicted octanol–water partition coefficient (Wildman–Crippen LogP) is 1.67. The summed E-state index contributed by atoms with van der Waals surface area (Å²) in [5, 5.41) is 10.1. The molecule has 1 amide bonds. The molecule has 1 spiro atoms. The Hall–Kier alpha value is -2.25. The van der Waals surface area contributed by atoms with Gasteiger partial charge in [0, 0.05) is 0 Å². The number of carbonyl (C=O) groups excluding carboxylic acids is 1. The van der Waals surface area contributed by atoms with E-state index >= 15 is 0 Å². The van der Waals surface area contributed by atoms with Gasteiger partial charge in [-0.05, 0) is 12.1 Å². The third kappa shape index (κ3) is 1.58. The van der Waals surface area contributed by atoms with Crippen LogP contribution in [0.3, 0.4) is 0 Å². The minimum Gasteiger partial charge on any atom is -0.481 e. The van der Waals surface area contributed by atoms with Crippen molar-refractivity contribution < 1.29 is 19.4 Å². The Kier molecular flexibility index (Phi) is 2.40. The molecule has 23 heavy (non-hydrogen) atoms. The Balaban J connectivity index is 1.58. The average molecular weight is 328 g/mol. The van der Waals surface area contributed by atoms with Crippen molar-refractivity contribution >= 4 is 38.6 Å². The fourth-order valence-electron chi connectivity index (χ4n) is 3.92. The Morgan fingerprint density at radius 1 is 1.43 bits per heavy atom. The van der Waals surface area contributed by atoms with E-state index in [1.54, 1.807) is 11.0 Å². The summed E-state index contributed by atoms with van der Waals surface area (Å²) in [6, 6.07) is 7.69. The van der Waals surface area contributed by atoms with Crippen molar-refractivity contribution in [1.82, 2.24) is 4.98 Å². The number of ether oxygens (including phenoxy) is 1. The topological polar surface area (TPSA) is 79.7 Å². The Morgan fingerprint density at radius 2 is 2.26 bits per heavy atom. The second kappa shape index (κ2) is 4.18. The van der Waals surface area contributed by atoms with Crippen molar-refractivity contribution in [2.45, 2.75) is 11.7 Å². The van der Waals surface area contributed by atoms with Crippen LogP contribution in [0.25, 0.3) is 10.2 Å². The normalized spacial score (nSPS) is 34.5. The maximum absolute atomic E-state index is 12.9. The minimum atomic E-state index is -0.981. The van der Waals surface area contributed by atoms with Crippen molar-refractivity contribution in [1.29, 1.82) is 0 Å².